The molecule has 0 aromatic rings. The highest BCUT2D eigenvalue weighted by molar-refractivity contribution is 14.1. The van der Waals surface area contributed by atoms with Crippen LogP contribution in [-0.2, 0) is 0 Å². The summed E-state index contributed by atoms with van der Waals surface area (Å²) in [5.41, 5.74) is 0. The fourth-order valence-electron chi connectivity index (χ4n) is 1.40. The highest BCUT2D eigenvalue weighted by atomic mass is 127. The SMILES string of the molecule is CCCCCCC(I)CCCCBr. The first-order valence-corrected chi connectivity index (χ1v) is 7.88. The highest BCUT2D eigenvalue weighted by Crippen LogP contribution is 2.18. The van der Waals surface area contributed by atoms with Gasteiger partial charge in [0.2, 0.25) is 0 Å². The molecule has 80 valence electrons. The molecule has 13 heavy (non-hydrogen) atoms. The Bertz CT molecular complexity index is 96.1. The minimum Gasteiger partial charge on any atom is -0.0928 e. The van der Waals surface area contributed by atoms with Gasteiger partial charge >= 0.3 is 0 Å². The van der Waals surface area contributed by atoms with Gasteiger partial charge in [0.25, 0.3) is 0 Å². The molecule has 0 amide bonds. The van der Waals surface area contributed by atoms with Crippen LogP contribution in [0.5, 0.6) is 0 Å². The average Bonchev–Trinajstić information content (AvgIpc) is 2.13. The third-order valence-electron chi connectivity index (χ3n) is 2.27. The molecule has 1 atom stereocenters. The summed E-state index contributed by atoms with van der Waals surface area (Å²) < 4.78 is 0.925. The average molecular weight is 361 g/mol. The molecule has 0 heterocycles. The van der Waals surface area contributed by atoms with Gasteiger partial charge in [0.15, 0.2) is 0 Å². The lowest BCUT2D eigenvalue weighted by Gasteiger charge is -2.08. The van der Waals surface area contributed by atoms with Gasteiger partial charge in [-0.2, -0.15) is 0 Å². The zero-order chi connectivity index (χ0) is 9.94. The molecule has 2 heteroatoms. The Morgan fingerprint density at radius 1 is 1.00 bits per heavy atom. The molecule has 0 aliphatic heterocycles. The maximum atomic E-state index is 3.47. The molecule has 0 spiro atoms. The van der Waals surface area contributed by atoms with Crippen molar-refractivity contribution in [1.29, 1.82) is 0 Å². The van der Waals surface area contributed by atoms with Crippen molar-refractivity contribution in [2.45, 2.75) is 62.2 Å². The molecule has 0 aromatic carbocycles. The highest BCUT2D eigenvalue weighted by Gasteiger charge is 2.02. The molecule has 0 rings (SSSR count). The van der Waals surface area contributed by atoms with E-state index < -0.39 is 0 Å². The Morgan fingerprint density at radius 2 is 1.62 bits per heavy atom. The minimum absolute atomic E-state index is 0.925. The number of unbranched alkanes of at least 4 members (excludes halogenated alkanes) is 4. The van der Waals surface area contributed by atoms with Crippen molar-refractivity contribution >= 4 is 38.5 Å². The van der Waals surface area contributed by atoms with E-state index in [4.69, 9.17) is 0 Å². The van der Waals surface area contributed by atoms with Crippen molar-refractivity contribution in [3.63, 3.8) is 0 Å². The summed E-state index contributed by atoms with van der Waals surface area (Å²) in [6.45, 7) is 2.28. The molecule has 0 fully saturated rings. The Morgan fingerprint density at radius 3 is 2.15 bits per heavy atom. The summed E-state index contributed by atoms with van der Waals surface area (Å²) in [5, 5.41) is 1.17. The van der Waals surface area contributed by atoms with Crippen molar-refractivity contribution in [1.82, 2.24) is 0 Å². The van der Waals surface area contributed by atoms with Crippen LogP contribution in [0, 0.1) is 0 Å². The molecule has 1 unspecified atom stereocenters. The van der Waals surface area contributed by atoms with Crippen LogP contribution in [0.25, 0.3) is 0 Å². The van der Waals surface area contributed by atoms with E-state index in [1.54, 1.807) is 0 Å². The lowest BCUT2D eigenvalue weighted by Crippen LogP contribution is -1.97. The normalized spacial score (nSPS) is 13.2. The largest absolute Gasteiger partial charge is 0.0928 e. The van der Waals surface area contributed by atoms with E-state index in [2.05, 4.69) is 45.4 Å². The van der Waals surface area contributed by atoms with Crippen LogP contribution in [0.3, 0.4) is 0 Å². The molecule has 0 N–H and O–H groups in total. The van der Waals surface area contributed by atoms with Gasteiger partial charge in [-0.05, 0) is 19.3 Å². The molecular weight excluding hydrogens is 339 g/mol. The van der Waals surface area contributed by atoms with Gasteiger partial charge in [-0.15, -0.1) is 0 Å². The first kappa shape index (κ1) is 14.2. The quantitative estimate of drug-likeness (QED) is 0.296. The summed E-state index contributed by atoms with van der Waals surface area (Å²) in [4.78, 5) is 0. The van der Waals surface area contributed by atoms with Crippen LogP contribution in [0.1, 0.15) is 58.3 Å². The zero-order valence-corrected chi connectivity index (χ0v) is 12.4. The van der Waals surface area contributed by atoms with Crippen molar-refractivity contribution in [2.24, 2.45) is 0 Å². The second-order valence-corrected chi connectivity index (χ2v) is 6.19. The molecule has 0 nitrogen and oxygen atoms in total. The number of hydrogen-bond donors (Lipinski definition) is 0. The summed E-state index contributed by atoms with van der Waals surface area (Å²) >= 11 is 6.09. The van der Waals surface area contributed by atoms with Gasteiger partial charge in [-0.3, -0.25) is 0 Å². The number of alkyl halides is 2. The van der Waals surface area contributed by atoms with Gasteiger partial charge in [0, 0.05) is 9.25 Å². The molecule has 0 radical (unpaired) electrons. The zero-order valence-electron chi connectivity index (χ0n) is 8.70. The molecule has 0 aromatic heterocycles. The van der Waals surface area contributed by atoms with Crippen LogP contribution >= 0.6 is 38.5 Å². The van der Waals surface area contributed by atoms with Gasteiger partial charge in [0.1, 0.15) is 0 Å². The summed E-state index contributed by atoms with van der Waals surface area (Å²) in [5.74, 6) is 0. The van der Waals surface area contributed by atoms with Crippen molar-refractivity contribution in [3.8, 4) is 0 Å². The van der Waals surface area contributed by atoms with Crippen LogP contribution in [0.15, 0.2) is 0 Å². The van der Waals surface area contributed by atoms with Gasteiger partial charge in [0.05, 0.1) is 0 Å². The summed E-state index contributed by atoms with van der Waals surface area (Å²) in [7, 11) is 0. The van der Waals surface area contributed by atoms with E-state index in [1.165, 1.54) is 56.7 Å². The van der Waals surface area contributed by atoms with E-state index in [1.807, 2.05) is 0 Å². The minimum atomic E-state index is 0.925. The van der Waals surface area contributed by atoms with E-state index in [0.717, 1.165) is 3.92 Å². The summed E-state index contributed by atoms with van der Waals surface area (Å²) in [6, 6.07) is 0. The maximum absolute atomic E-state index is 3.47. The lowest BCUT2D eigenvalue weighted by molar-refractivity contribution is 0.595. The third kappa shape index (κ3) is 11.1. The van der Waals surface area contributed by atoms with Gasteiger partial charge < -0.3 is 0 Å². The fourth-order valence-corrected chi connectivity index (χ4v) is 2.67. The van der Waals surface area contributed by atoms with E-state index in [-0.39, 0.29) is 0 Å². The van der Waals surface area contributed by atoms with Crippen LogP contribution in [0.4, 0.5) is 0 Å². The third-order valence-corrected chi connectivity index (χ3v) is 4.08. The van der Waals surface area contributed by atoms with Crippen molar-refractivity contribution in [3.05, 3.63) is 0 Å². The second kappa shape index (κ2) is 11.3. The van der Waals surface area contributed by atoms with Crippen LogP contribution < -0.4 is 0 Å². The Hall–Kier alpha value is 1.21. The standard InChI is InChI=1S/C11H22BrI/c1-2-3-4-5-8-11(13)9-6-7-10-12/h11H,2-10H2,1H3. The lowest BCUT2D eigenvalue weighted by atomic mass is 10.1. The second-order valence-electron chi connectivity index (χ2n) is 3.63. The van der Waals surface area contributed by atoms with E-state index in [9.17, 15) is 0 Å². The number of rotatable bonds is 9. The monoisotopic (exact) mass is 360 g/mol. The molecule has 0 saturated carbocycles. The Labute approximate surface area is 106 Å². The van der Waals surface area contributed by atoms with Crippen LogP contribution in [-0.4, -0.2) is 9.25 Å². The van der Waals surface area contributed by atoms with E-state index >= 15 is 0 Å². The van der Waals surface area contributed by atoms with Crippen LogP contribution in [0.2, 0.25) is 0 Å². The predicted octanol–water partition coefficient (Wildman–Crippen LogP) is 5.33. The molecule has 0 bridgehead atoms. The fraction of sp³-hybridized carbons (Fsp3) is 1.00. The summed E-state index contributed by atoms with van der Waals surface area (Å²) in [6.07, 6.45) is 11.2. The van der Waals surface area contributed by atoms with Gasteiger partial charge in [-0.1, -0.05) is 77.5 Å². The molecule has 0 aliphatic carbocycles. The van der Waals surface area contributed by atoms with Crippen molar-refractivity contribution < 1.29 is 0 Å². The van der Waals surface area contributed by atoms with Gasteiger partial charge in [-0.25, -0.2) is 0 Å². The smallest absolute Gasteiger partial charge is 0.0110 e. The molecular formula is C11H22BrI. The molecule has 0 saturated heterocycles. The Balaban J connectivity index is 3.05. The topological polar surface area (TPSA) is 0 Å². The number of hydrogen-bond acceptors (Lipinski definition) is 0. The first-order valence-electron chi connectivity index (χ1n) is 5.51. The van der Waals surface area contributed by atoms with Crippen molar-refractivity contribution in [2.75, 3.05) is 5.33 Å². The Kier molecular flexibility index (Phi) is 12.3. The van der Waals surface area contributed by atoms with E-state index in [0.29, 0.717) is 0 Å². The molecule has 0 aliphatic rings. The maximum Gasteiger partial charge on any atom is 0.0110 e. The number of halogens is 2. The predicted molar refractivity (Wildman–Crippen MR) is 74.2 cm³/mol. The first-order chi connectivity index (χ1) is 6.31.